The van der Waals surface area contributed by atoms with Crippen LogP contribution in [0.1, 0.15) is 66.7 Å². The van der Waals surface area contributed by atoms with Crippen LogP contribution < -0.4 is 5.32 Å². The topological polar surface area (TPSA) is 46.9 Å². The molecule has 0 aliphatic heterocycles. The average Bonchev–Trinajstić information content (AvgIpc) is 3.18. The lowest BCUT2D eigenvalue weighted by Crippen LogP contribution is -2.56. The summed E-state index contributed by atoms with van der Waals surface area (Å²) < 4.78 is 1.72. The quantitative estimate of drug-likeness (QED) is 0.921. The van der Waals surface area contributed by atoms with E-state index >= 15 is 0 Å². The Morgan fingerprint density at radius 2 is 1.92 bits per heavy atom. The Morgan fingerprint density at radius 1 is 1.20 bits per heavy atom. The lowest BCUT2D eigenvalue weighted by atomic mass is 9.60. The number of aryl methyl sites for hydroxylation is 1. The number of amides is 1. The summed E-state index contributed by atoms with van der Waals surface area (Å²) in [6.07, 6.45) is 3.82. The molecule has 1 aromatic carbocycles. The van der Waals surface area contributed by atoms with Gasteiger partial charge in [0.25, 0.3) is 5.91 Å². The number of carbonyl (C=O) groups is 1. The van der Waals surface area contributed by atoms with Crippen molar-refractivity contribution in [1.82, 2.24) is 15.1 Å². The second-order valence-corrected chi connectivity index (χ2v) is 7.93. The number of nitrogens with one attached hydrogen (secondary N) is 1. The van der Waals surface area contributed by atoms with E-state index in [0.717, 1.165) is 11.6 Å². The average molecular weight is 337 g/mol. The molecule has 1 amide bonds. The van der Waals surface area contributed by atoms with Gasteiger partial charge in [0.1, 0.15) is 5.69 Å². The molecule has 25 heavy (non-hydrogen) atoms. The number of benzene rings is 1. The highest BCUT2D eigenvalue weighted by molar-refractivity contribution is 5.93. The van der Waals surface area contributed by atoms with E-state index in [2.05, 4.69) is 54.6 Å². The normalized spacial score (nSPS) is 27.8. The predicted molar refractivity (Wildman–Crippen MR) is 98.6 cm³/mol. The largest absolute Gasteiger partial charge is 0.347 e. The Balaban J connectivity index is 1.55. The van der Waals surface area contributed by atoms with Crippen molar-refractivity contribution in [2.75, 3.05) is 0 Å². The highest BCUT2D eigenvalue weighted by atomic mass is 16.2. The van der Waals surface area contributed by atoms with Crippen LogP contribution in [0.4, 0.5) is 0 Å². The summed E-state index contributed by atoms with van der Waals surface area (Å²) in [5.41, 5.74) is 3.00. The Hall–Kier alpha value is -2.10. The van der Waals surface area contributed by atoms with E-state index in [-0.39, 0.29) is 11.9 Å². The monoisotopic (exact) mass is 337 g/mol. The fourth-order valence-electron chi connectivity index (χ4n) is 4.83. The second kappa shape index (κ2) is 6.32. The molecule has 4 atom stereocenters. The molecule has 2 aromatic rings. The number of fused-ring (bicyclic) bond motifs is 1. The molecule has 2 aliphatic carbocycles. The van der Waals surface area contributed by atoms with Crippen LogP contribution in [0.15, 0.2) is 36.4 Å². The first-order valence-corrected chi connectivity index (χ1v) is 9.46. The summed E-state index contributed by atoms with van der Waals surface area (Å²) in [6, 6.07) is 12.9. The highest BCUT2D eigenvalue weighted by Gasteiger charge is 2.53. The van der Waals surface area contributed by atoms with E-state index in [0.29, 0.717) is 23.4 Å². The van der Waals surface area contributed by atoms with E-state index in [1.165, 1.54) is 24.8 Å². The summed E-state index contributed by atoms with van der Waals surface area (Å²) in [5.74, 6) is 2.15. The van der Waals surface area contributed by atoms with Crippen LogP contribution in [-0.2, 0) is 7.05 Å². The van der Waals surface area contributed by atoms with Gasteiger partial charge in [-0.3, -0.25) is 9.48 Å². The van der Waals surface area contributed by atoms with Gasteiger partial charge in [0, 0.05) is 19.0 Å². The minimum Gasteiger partial charge on any atom is -0.347 e. The van der Waals surface area contributed by atoms with Crippen molar-refractivity contribution in [1.29, 1.82) is 0 Å². The zero-order valence-corrected chi connectivity index (χ0v) is 15.3. The zero-order chi connectivity index (χ0) is 17.6. The van der Waals surface area contributed by atoms with Gasteiger partial charge >= 0.3 is 0 Å². The van der Waals surface area contributed by atoms with Crippen LogP contribution in [0.3, 0.4) is 0 Å². The van der Waals surface area contributed by atoms with Crippen LogP contribution in [0.5, 0.6) is 0 Å². The molecule has 0 unspecified atom stereocenters. The van der Waals surface area contributed by atoms with Gasteiger partial charge in [-0.2, -0.15) is 5.10 Å². The molecule has 1 N–H and O–H groups in total. The second-order valence-electron chi connectivity index (χ2n) is 7.93. The van der Waals surface area contributed by atoms with Gasteiger partial charge in [-0.25, -0.2) is 0 Å². The number of hydrogen-bond donors (Lipinski definition) is 1. The molecule has 132 valence electrons. The first-order chi connectivity index (χ1) is 12.1. The molecule has 2 saturated carbocycles. The van der Waals surface area contributed by atoms with E-state index < -0.39 is 0 Å². The lowest BCUT2D eigenvalue weighted by molar-refractivity contribution is 0.0684. The third kappa shape index (κ3) is 2.78. The van der Waals surface area contributed by atoms with Crippen molar-refractivity contribution >= 4 is 5.91 Å². The molecule has 1 aromatic heterocycles. The molecule has 2 aliphatic rings. The van der Waals surface area contributed by atoms with Crippen LogP contribution in [0.2, 0.25) is 0 Å². The summed E-state index contributed by atoms with van der Waals surface area (Å²) in [7, 11) is 1.86. The third-order valence-electron chi connectivity index (χ3n) is 6.14. The molecule has 0 bridgehead atoms. The number of nitrogens with zero attached hydrogens (tertiary/aromatic N) is 2. The lowest BCUT2D eigenvalue weighted by Gasteiger charge is -2.49. The Morgan fingerprint density at radius 3 is 2.60 bits per heavy atom. The van der Waals surface area contributed by atoms with Crippen molar-refractivity contribution in [2.24, 2.45) is 18.9 Å². The van der Waals surface area contributed by atoms with Crippen molar-refractivity contribution in [3.8, 4) is 0 Å². The third-order valence-corrected chi connectivity index (χ3v) is 6.14. The molecule has 0 saturated heterocycles. The van der Waals surface area contributed by atoms with Crippen LogP contribution in [0.25, 0.3) is 0 Å². The Labute approximate surface area is 149 Å². The number of aromatic nitrogens is 2. The smallest absolute Gasteiger partial charge is 0.269 e. The zero-order valence-electron chi connectivity index (χ0n) is 15.3. The molecule has 0 spiro atoms. The van der Waals surface area contributed by atoms with E-state index in [4.69, 9.17) is 0 Å². The Bertz CT molecular complexity index is 765. The van der Waals surface area contributed by atoms with Crippen LogP contribution in [-0.4, -0.2) is 21.7 Å². The van der Waals surface area contributed by atoms with Crippen molar-refractivity contribution < 1.29 is 4.79 Å². The van der Waals surface area contributed by atoms with Crippen molar-refractivity contribution in [3.63, 3.8) is 0 Å². The summed E-state index contributed by atoms with van der Waals surface area (Å²) >= 11 is 0. The van der Waals surface area contributed by atoms with E-state index in [9.17, 15) is 4.79 Å². The standard InChI is InChI=1S/C21H27N3O/c1-13(2)17-12-18(24(3)23-17)21(25)22-20-16-11-7-10-15(16)19(20)14-8-5-4-6-9-14/h4-6,8-9,12-13,15-16,19-20H,7,10-11H2,1-3H3,(H,22,25)/t15-,16-,19-,20-/m1/s1. The van der Waals surface area contributed by atoms with Gasteiger partial charge in [-0.05, 0) is 42.2 Å². The van der Waals surface area contributed by atoms with Crippen LogP contribution >= 0.6 is 0 Å². The van der Waals surface area contributed by atoms with Gasteiger partial charge < -0.3 is 5.32 Å². The molecule has 4 nitrogen and oxygen atoms in total. The maximum Gasteiger partial charge on any atom is 0.269 e. The number of hydrogen-bond acceptors (Lipinski definition) is 2. The number of carbonyl (C=O) groups excluding carboxylic acids is 1. The van der Waals surface area contributed by atoms with Gasteiger partial charge in [0.2, 0.25) is 0 Å². The van der Waals surface area contributed by atoms with Crippen molar-refractivity contribution in [2.45, 2.75) is 51.0 Å². The minimum atomic E-state index is 0.0122. The first-order valence-electron chi connectivity index (χ1n) is 9.46. The fraction of sp³-hybridized carbons (Fsp3) is 0.524. The highest BCUT2D eigenvalue weighted by Crippen LogP contribution is 2.55. The predicted octanol–water partition coefficient (Wildman–Crippen LogP) is 3.86. The minimum absolute atomic E-state index is 0.0122. The molecule has 2 fully saturated rings. The van der Waals surface area contributed by atoms with Gasteiger partial charge in [-0.1, -0.05) is 50.6 Å². The first kappa shape index (κ1) is 16.4. The van der Waals surface area contributed by atoms with Gasteiger partial charge in [0.05, 0.1) is 5.69 Å². The molecule has 4 rings (SSSR count). The molecule has 1 heterocycles. The van der Waals surface area contributed by atoms with Gasteiger partial charge in [0.15, 0.2) is 0 Å². The Kier molecular flexibility index (Phi) is 4.14. The summed E-state index contributed by atoms with van der Waals surface area (Å²) in [6.45, 7) is 4.20. The van der Waals surface area contributed by atoms with E-state index in [1.807, 2.05) is 13.1 Å². The SMILES string of the molecule is CC(C)c1cc(C(=O)N[C@@H]2[C@@H]3CCC[C@H]3[C@H]2c2ccccc2)n(C)n1. The van der Waals surface area contributed by atoms with E-state index in [1.54, 1.807) is 4.68 Å². The maximum absolute atomic E-state index is 12.9. The molecular weight excluding hydrogens is 310 g/mol. The summed E-state index contributed by atoms with van der Waals surface area (Å²) in [5, 5.41) is 7.83. The van der Waals surface area contributed by atoms with Crippen LogP contribution in [0, 0.1) is 11.8 Å². The van der Waals surface area contributed by atoms with Crippen molar-refractivity contribution in [3.05, 3.63) is 53.3 Å². The fourth-order valence-corrected chi connectivity index (χ4v) is 4.83. The summed E-state index contributed by atoms with van der Waals surface area (Å²) in [4.78, 5) is 12.9. The number of rotatable bonds is 4. The molecular formula is C21H27N3O. The maximum atomic E-state index is 12.9. The molecule has 4 heteroatoms. The molecule has 0 radical (unpaired) electrons. The van der Waals surface area contributed by atoms with Gasteiger partial charge in [-0.15, -0.1) is 0 Å².